The summed E-state index contributed by atoms with van der Waals surface area (Å²) in [6, 6.07) is 7.66. The number of anilines is 1. The molecule has 0 aliphatic heterocycles. The molecule has 4 nitrogen and oxygen atoms in total. The van der Waals surface area contributed by atoms with Gasteiger partial charge in [0, 0.05) is 11.7 Å². The largest absolute Gasteiger partial charge is 0.494 e. The fraction of sp³-hybridized carbons (Fsp3) is 0.462. The van der Waals surface area contributed by atoms with E-state index in [0.717, 1.165) is 37.3 Å². The number of carbonyl (C=O) groups is 1. The molecule has 17 heavy (non-hydrogen) atoms. The van der Waals surface area contributed by atoms with E-state index in [-0.39, 0.29) is 6.03 Å². The van der Waals surface area contributed by atoms with E-state index in [2.05, 4.69) is 17.6 Å². The first-order chi connectivity index (χ1) is 8.28. The van der Waals surface area contributed by atoms with Gasteiger partial charge in [0.2, 0.25) is 0 Å². The van der Waals surface area contributed by atoms with E-state index in [0.29, 0.717) is 6.04 Å². The summed E-state index contributed by atoms with van der Waals surface area (Å²) < 4.78 is 5.46. The summed E-state index contributed by atoms with van der Waals surface area (Å²) in [5, 5.41) is 5.66. The minimum Gasteiger partial charge on any atom is -0.494 e. The van der Waals surface area contributed by atoms with E-state index in [1.807, 2.05) is 24.3 Å². The summed E-state index contributed by atoms with van der Waals surface area (Å²) in [4.78, 5) is 11.5. The topological polar surface area (TPSA) is 50.4 Å². The Balaban J connectivity index is 1.81. The first kappa shape index (κ1) is 11.8. The van der Waals surface area contributed by atoms with Crippen molar-refractivity contribution >= 4 is 11.7 Å². The number of benzene rings is 1. The lowest BCUT2D eigenvalue weighted by molar-refractivity contribution is 0.251. The lowest BCUT2D eigenvalue weighted by Gasteiger charge is -2.08. The maximum atomic E-state index is 11.5. The summed E-state index contributed by atoms with van der Waals surface area (Å²) in [5.74, 6) is 0.833. The van der Waals surface area contributed by atoms with Crippen LogP contribution in [0, 0.1) is 0 Å². The van der Waals surface area contributed by atoms with E-state index in [4.69, 9.17) is 4.74 Å². The summed E-state index contributed by atoms with van der Waals surface area (Å²) in [7, 11) is 0. The van der Waals surface area contributed by atoms with Crippen LogP contribution in [-0.2, 0) is 0 Å². The molecule has 0 bridgehead atoms. The molecule has 1 aromatic carbocycles. The molecule has 0 atom stereocenters. The number of rotatable bonds is 5. The van der Waals surface area contributed by atoms with Crippen LogP contribution in [0.4, 0.5) is 10.5 Å². The fourth-order valence-electron chi connectivity index (χ4n) is 1.43. The van der Waals surface area contributed by atoms with E-state index >= 15 is 0 Å². The highest BCUT2D eigenvalue weighted by molar-refractivity contribution is 5.89. The van der Waals surface area contributed by atoms with Gasteiger partial charge in [-0.3, -0.25) is 0 Å². The van der Waals surface area contributed by atoms with Gasteiger partial charge >= 0.3 is 6.03 Å². The molecule has 0 aromatic heterocycles. The van der Waals surface area contributed by atoms with Gasteiger partial charge in [0.25, 0.3) is 0 Å². The van der Waals surface area contributed by atoms with Crippen molar-refractivity contribution in [1.29, 1.82) is 0 Å². The number of nitrogens with one attached hydrogen (secondary N) is 2. The number of hydrogen-bond donors (Lipinski definition) is 2. The van der Waals surface area contributed by atoms with Crippen LogP contribution < -0.4 is 15.4 Å². The Labute approximate surface area is 101 Å². The van der Waals surface area contributed by atoms with Crippen LogP contribution in [0.3, 0.4) is 0 Å². The fourth-order valence-corrected chi connectivity index (χ4v) is 1.43. The Morgan fingerprint density at radius 1 is 1.35 bits per heavy atom. The maximum Gasteiger partial charge on any atom is 0.319 e. The Hall–Kier alpha value is -1.71. The van der Waals surface area contributed by atoms with Gasteiger partial charge in [0.15, 0.2) is 0 Å². The highest BCUT2D eigenvalue weighted by Gasteiger charge is 2.23. The maximum absolute atomic E-state index is 11.5. The average molecular weight is 234 g/mol. The van der Waals surface area contributed by atoms with Crippen molar-refractivity contribution in [2.24, 2.45) is 0 Å². The predicted octanol–water partition coefficient (Wildman–Crippen LogP) is 2.76. The summed E-state index contributed by atoms with van der Waals surface area (Å²) in [5.41, 5.74) is 0.784. The standard InChI is InChI=1S/C13H18N2O2/c1-2-9-17-12-7-5-11(6-8-12)15-13(16)14-10-3-4-10/h5-8,10H,2-4,9H2,1H3,(H2,14,15,16). The van der Waals surface area contributed by atoms with Gasteiger partial charge in [-0.15, -0.1) is 0 Å². The molecule has 2 amide bonds. The van der Waals surface area contributed by atoms with Gasteiger partial charge < -0.3 is 15.4 Å². The van der Waals surface area contributed by atoms with Crippen LogP contribution in [0.15, 0.2) is 24.3 Å². The second-order valence-corrected chi connectivity index (χ2v) is 4.25. The van der Waals surface area contributed by atoms with Gasteiger partial charge in [-0.05, 0) is 43.5 Å². The summed E-state index contributed by atoms with van der Waals surface area (Å²) >= 11 is 0. The van der Waals surface area contributed by atoms with Crippen molar-refractivity contribution in [2.45, 2.75) is 32.2 Å². The predicted molar refractivity (Wildman–Crippen MR) is 67.4 cm³/mol. The zero-order valence-electron chi connectivity index (χ0n) is 10.0. The van der Waals surface area contributed by atoms with Crippen molar-refractivity contribution in [1.82, 2.24) is 5.32 Å². The minimum atomic E-state index is -0.130. The molecule has 0 radical (unpaired) electrons. The van der Waals surface area contributed by atoms with Crippen molar-refractivity contribution in [3.05, 3.63) is 24.3 Å². The number of amides is 2. The Kier molecular flexibility index (Phi) is 3.85. The molecule has 1 aliphatic carbocycles. The van der Waals surface area contributed by atoms with Gasteiger partial charge in [0.1, 0.15) is 5.75 Å². The zero-order chi connectivity index (χ0) is 12.1. The normalized spacial score (nSPS) is 14.2. The number of urea groups is 1. The summed E-state index contributed by atoms with van der Waals surface area (Å²) in [6.45, 7) is 2.78. The third kappa shape index (κ3) is 3.98. The first-order valence-corrected chi connectivity index (χ1v) is 6.08. The molecular weight excluding hydrogens is 216 g/mol. The van der Waals surface area contributed by atoms with Gasteiger partial charge in [-0.25, -0.2) is 4.79 Å². The van der Waals surface area contributed by atoms with Crippen LogP contribution in [0.2, 0.25) is 0 Å². The molecule has 0 unspecified atom stereocenters. The lowest BCUT2D eigenvalue weighted by Crippen LogP contribution is -2.30. The Bertz CT molecular complexity index is 372. The molecule has 4 heteroatoms. The van der Waals surface area contributed by atoms with Crippen LogP contribution in [0.1, 0.15) is 26.2 Å². The number of ether oxygens (including phenoxy) is 1. The average Bonchev–Trinajstić information content (AvgIpc) is 3.12. The van der Waals surface area contributed by atoms with E-state index in [1.54, 1.807) is 0 Å². The number of carbonyl (C=O) groups excluding carboxylic acids is 1. The van der Waals surface area contributed by atoms with Crippen molar-refractivity contribution in [3.8, 4) is 5.75 Å². The third-order valence-electron chi connectivity index (χ3n) is 2.50. The molecule has 0 spiro atoms. The third-order valence-corrected chi connectivity index (χ3v) is 2.50. The van der Waals surface area contributed by atoms with E-state index in [1.165, 1.54) is 0 Å². The van der Waals surface area contributed by atoms with E-state index < -0.39 is 0 Å². The molecule has 2 rings (SSSR count). The van der Waals surface area contributed by atoms with Crippen molar-refractivity contribution in [3.63, 3.8) is 0 Å². The Morgan fingerprint density at radius 2 is 2.06 bits per heavy atom. The van der Waals surface area contributed by atoms with Gasteiger partial charge in [-0.2, -0.15) is 0 Å². The molecule has 0 saturated heterocycles. The quantitative estimate of drug-likeness (QED) is 0.823. The highest BCUT2D eigenvalue weighted by Crippen LogP contribution is 2.19. The van der Waals surface area contributed by atoms with Crippen molar-refractivity contribution in [2.75, 3.05) is 11.9 Å². The van der Waals surface area contributed by atoms with Crippen LogP contribution in [-0.4, -0.2) is 18.7 Å². The molecule has 1 fully saturated rings. The van der Waals surface area contributed by atoms with Crippen LogP contribution in [0.25, 0.3) is 0 Å². The monoisotopic (exact) mass is 234 g/mol. The second-order valence-electron chi connectivity index (χ2n) is 4.25. The zero-order valence-corrected chi connectivity index (χ0v) is 10.0. The molecule has 1 saturated carbocycles. The highest BCUT2D eigenvalue weighted by atomic mass is 16.5. The first-order valence-electron chi connectivity index (χ1n) is 6.08. The van der Waals surface area contributed by atoms with Crippen LogP contribution >= 0.6 is 0 Å². The molecular formula is C13H18N2O2. The molecule has 0 heterocycles. The van der Waals surface area contributed by atoms with Gasteiger partial charge in [-0.1, -0.05) is 6.92 Å². The second kappa shape index (κ2) is 5.57. The molecule has 2 N–H and O–H groups in total. The van der Waals surface area contributed by atoms with Crippen LogP contribution in [0.5, 0.6) is 5.75 Å². The van der Waals surface area contributed by atoms with Gasteiger partial charge in [0.05, 0.1) is 6.61 Å². The summed E-state index contributed by atoms with van der Waals surface area (Å²) in [6.07, 6.45) is 3.18. The molecule has 92 valence electrons. The molecule has 1 aromatic rings. The Morgan fingerprint density at radius 3 is 2.65 bits per heavy atom. The minimum absolute atomic E-state index is 0.130. The SMILES string of the molecule is CCCOc1ccc(NC(=O)NC2CC2)cc1. The smallest absolute Gasteiger partial charge is 0.319 e. The van der Waals surface area contributed by atoms with E-state index in [9.17, 15) is 4.79 Å². The number of hydrogen-bond acceptors (Lipinski definition) is 2. The molecule has 1 aliphatic rings. The van der Waals surface area contributed by atoms with Crippen molar-refractivity contribution < 1.29 is 9.53 Å². The lowest BCUT2D eigenvalue weighted by atomic mass is 10.3.